The number of nitrogens with zero attached hydrogens (tertiary/aromatic N) is 5. The van der Waals surface area contributed by atoms with E-state index in [0.29, 0.717) is 28.4 Å². The first kappa shape index (κ1) is 22.5. The van der Waals surface area contributed by atoms with E-state index in [1.807, 2.05) is 18.2 Å². The molecule has 7 nitrogen and oxygen atoms in total. The van der Waals surface area contributed by atoms with Crippen molar-refractivity contribution in [1.82, 2.24) is 24.5 Å². The van der Waals surface area contributed by atoms with E-state index in [4.69, 9.17) is 10.5 Å². The van der Waals surface area contributed by atoms with Crippen LogP contribution >= 0.6 is 0 Å². The molecule has 2 atom stereocenters. The average Bonchev–Trinajstić information content (AvgIpc) is 3.41. The van der Waals surface area contributed by atoms with Gasteiger partial charge in [0.05, 0.1) is 12.6 Å². The minimum atomic E-state index is -4.59. The van der Waals surface area contributed by atoms with E-state index >= 15 is 0 Å². The van der Waals surface area contributed by atoms with Crippen molar-refractivity contribution >= 4 is 16.6 Å². The lowest BCUT2D eigenvalue weighted by atomic mass is 10.0. The van der Waals surface area contributed by atoms with Crippen LogP contribution in [0.3, 0.4) is 0 Å². The summed E-state index contributed by atoms with van der Waals surface area (Å²) in [6.07, 6.45) is -3.07. The van der Waals surface area contributed by atoms with Crippen molar-refractivity contribution in [2.24, 2.45) is 5.73 Å². The number of ether oxygens (including phenoxy) is 1. The Morgan fingerprint density at radius 1 is 1.15 bits per heavy atom. The Labute approximate surface area is 192 Å². The van der Waals surface area contributed by atoms with E-state index in [1.165, 1.54) is 34.7 Å². The predicted molar refractivity (Wildman–Crippen MR) is 118 cm³/mol. The number of rotatable bonds is 5. The van der Waals surface area contributed by atoms with Crippen molar-refractivity contribution < 1.29 is 22.3 Å². The summed E-state index contributed by atoms with van der Waals surface area (Å²) in [4.78, 5) is 5.81. The van der Waals surface area contributed by atoms with Crippen molar-refractivity contribution in [2.75, 3.05) is 26.9 Å². The van der Waals surface area contributed by atoms with Crippen LogP contribution < -0.4 is 10.5 Å². The normalized spacial score (nSPS) is 20.3. The molecule has 0 bridgehead atoms. The van der Waals surface area contributed by atoms with Crippen LogP contribution in [0.5, 0.6) is 5.75 Å². The maximum Gasteiger partial charge on any atom is 0.408 e. The standard InChI is InChI=1S/C23H22F4N6O/c1-34-17-4-2-3-14-5-7-16(29-19(14)17)21-31-30-18-8-6-15(11-33(18)21)20(23(25,26)27)32-10-9-22(28,12-24)13-32/h2-8,11,20H,9-10,12-13,28H2,1H3/t20-,22?/m1/s1. The molecule has 5 rings (SSSR count). The van der Waals surface area contributed by atoms with E-state index in [-0.39, 0.29) is 25.1 Å². The zero-order valence-electron chi connectivity index (χ0n) is 18.3. The zero-order valence-corrected chi connectivity index (χ0v) is 18.3. The molecule has 4 heterocycles. The highest BCUT2D eigenvalue weighted by Crippen LogP contribution is 2.41. The molecule has 3 aromatic heterocycles. The Balaban J connectivity index is 1.60. The van der Waals surface area contributed by atoms with Crippen molar-refractivity contribution in [2.45, 2.75) is 24.2 Å². The fourth-order valence-corrected chi connectivity index (χ4v) is 4.52. The molecule has 2 N–H and O–H groups in total. The van der Waals surface area contributed by atoms with Gasteiger partial charge in [-0.15, -0.1) is 10.2 Å². The van der Waals surface area contributed by atoms with Gasteiger partial charge in [0.15, 0.2) is 11.5 Å². The van der Waals surface area contributed by atoms with Gasteiger partial charge in [-0.1, -0.05) is 24.3 Å². The van der Waals surface area contributed by atoms with Gasteiger partial charge in [0.1, 0.15) is 29.7 Å². The molecule has 4 aromatic rings. The number of methoxy groups -OCH3 is 1. The molecule has 34 heavy (non-hydrogen) atoms. The highest BCUT2D eigenvalue weighted by atomic mass is 19.4. The highest BCUT2D eigenvalue weighted by Gasteiger charge is 2.49. The van der Waals surface area contributed by atoms with Crippen LogP contribution in [-0.2, 0) is 0 Å². The molecule has 11 heteroatoms. The van der Waals surface area contributed by atoms with Crippen LogP contribution in [0, 0.1) is 0 Å². The predicted octanol–water partition coefficient (Wildman–Crippen LogP) is 3.93. The van der Waals surface area contributed by atoms with Crippen LogP contribution in [0.4, 0.5) is 17.6 Å². The molecule has 1 aliphatic heterocycles. The number of alkyl halides is 4. The van der Waals surface area contributed by atoms with Crippen molar-refractivity contribution in [3.05, 3.63) is 54.2 Å². The third kappa shape index (κ3) is 3.84. The molecule has 0 radical (unpaired) electrons. The molecule has 1 fully saturated rings. The monoisotopic (exact) mass is 474 g/mol. The average molecular weight is 474 g/mol. The molecule has 1 saturated heterocycles. The number of likely N-dealkylation sites (tertiary alicyclic amines) is 1. The van der Waals surface area contributed by atoms with Crippen LogP contribution in [-0.4, -0.2) is 63.1 Å². The summed E-state index contributed by atoms with van der Waals surface area (Å²) in [5.74, 6) is 0.863. The number of hydrogen-bond donors (Lipinski definition) is 1. The summed E-state index contributed by atoms with van der Waals surface area (Å²) < 4.78 is 62.7. The zero-order chi connectivity index (χ0) is 24.1. The summed E-state index contributed by atoms with van der Waals surface area (Å²) in [6.45, 7) is -1.02. The molecular weight excluding hydrogens is 452 g/mol. The van der Waals surface area contributed by atoms with E-state index < -0.39 is 24.4 Å². The summed E-state index contributed by atoms with van der Waals surface area (Å²) in [7, 11) is 1.54. The first-order chi connectivity index (χ1) is 16.2. The Bertz CT molecular complexity index is 1360. The van der Waals surface area contributed by atoms with Crippen molar-refractivity contribution in [1.29, 1.82) is 0 Å². The Morgan fingerprint density at radius 3 is 2.68 bits per heavy atom. The fourth-order valence-electron chi connectivity index (χ4n) is 4.52. The van der Waals surface area contributed by atoms with Gasteiger partial charge in [0, 0.05) is 24.7 Å². The quantitative estimate of drug-likeness (QED) is 0.442. The Hall–Kier alpha value is -3.31. The highest BCUT2D eigenvalue weighted by molar-refractivity contribution is 5.86. The summed E-state index contributed by atoms with van der Waals surface area (Å²) >= 11 is 0. The minimum absolute atomic E-state index is 0.0115. The maximum absolute atomic E-state index is 14.2. The molecule has 1 aromatic carbocycles. The molecule has 1 unspecified atom stereocenters. The third-order valence-corrected chi connectivity index (χ3v) is 6.23. The van der Waals surface area contributed by atoms with E-state index in [2.05, 4.69) is 15.2 Å². The van der Waals surface area contributed by atoms with Gasteiger partial charge in [-0.05, 0) is 30.2 Å². The SMILES string of the molecule is COc1cccc2ccc(-c3nnc4ccc([C@@H](N5CCC(N)(CF)C5)C(F)(F)F)cn34)nc12. The number of nitrogens with two attached hydrogens (primary N) is 1. The van der Waals surface area contributed by atoms with Gasteiger partial charge < -0.3 is 10.5 Å². The van der Waals surface area contributed by atoms with E-state index in [1.54, 1.807) is 12.1 Å². The fraction of sp³-hybridized carbons (Fsp3) is 0.348. The van der Waals surface area contributed by atoms with Crippen molar-refractivity contribution in [3.8, 4) is 17.3 Å². The number of benzene rings is 1. The van der Waals surface area contributed by atoms with Crippen molar-refractivity contribution in [3.63, 3.8) is 0 Å². The molecule has 0 spiro atoms. The van der Waals surface area contributed by atoms with E-state index in [0.717, 1.165) is 5.39 Å². The largest absolute Gasteiger partial charge is 0.494 e. The van der Waals surface area contributed by atoms with Gasteiger partial charge in [0.2, 0.25) is 0 Å². The lowest BCUT2D eigenvalue weighted by molar-refractivity contribution is -0.184. The summed E-state index contributed by atoms with van der Waals surface area (Å²) in [5, 5.41) is 9.11. The smallest absolute Gasteiger partial charge is 0.408 e. The Morgan fingerprint density at radius 2 is 1.97 bits per heavy atom. The molecule has 0 amide bonds. The second-order valence-electron chi connectivity index (χ2n) is 8.60. The number of aromatic nitrogens is 4. The second-order valence-corrected chi connectivity index (χ2v) is 8.60. The van der Waals surface area contributed by atoms with Crippen LogP contribution in [0.1, 0.15) is 18.0 Å². The van der Waals surface area contributed by atoms with Gasteiger partial charge in [-0.2, -0.15) is 13.2 Å². The number of para-hydroxylation sites is 1. The van der Waals surface area contributed by atoms with E-state index in [9.17, 15) is 17.6 Å². The minimum Gasteiger partial charge on any atom is -0.494 e. The molecular formula is C23H22F4N6O. The number of pyridine rings is 2. The summed E-state index contributed by atoms with van der Waals surface area (Å²) in [5.41, 5.74) is 6.05. The van der Waals surface area contributed by atoms with Crippen LogP contribution in [0.2, 0.25) is 0 Å². The van der Waals surface area contributed by atoms with Crippen LogP contribution in [0.25, 0.3) is 28.1 Å². The van der Waals surface area contributed by atoms with Gasteiger partial charge in [-0.3, -0.25) is 9.30 Å². The molecule has 1 aliphatic rings. The van der Waals surface area contributed by atoms with Gasteiger partial charge in [-0.25, -0.2) is 9.37 Å². The lowest BCUT2D eigenvalue weighted by Crippen LogP contribution is -2.47. The van der Waals surface area contributed by atoms with Gasteiger partial charge in [0.25, 0.3) is 0 Å². The molecule has 0 saturated carbocycles. The maximum atomic E-state index is 14.2. The van der Waals surface area contributed by atoms with Crippen LogP contribution in [0.15, 0.2) is 48.7 Å². The lowest BCUT2D eigenvalue weighted by Gasteiger charge is -2.31. The Kier molecular flexibility index (Phi) is 5.40. The molecule has 0 aliphatic carbocycles. The number of hydrogen-bond acceptors (Lipinski definition) is 6. The first-order valence-corrected chi connectivity index (χ1v) is 10.7. The number of halogens is 4. The first-order valence-electron chi connectivity index (χ1n) is 10.7. The van der Waals surface area contributed by atoms with Gasteiger partial charge >= 0.3 is 6.18 Å². The number of fused-ring (bicyclic) bond motifs is 2. The second kappa shape index (κ2) is 8.17. The third-order valence-electron chi connectivity index (χ3n) is 6.23. The topological polar surface area (TPSA) is 81.6 Å². The molecule has 178 valence electrons. The summed E-state index contributed by atoms with van der Waals surface area (Å²) in [6, 6.07) is 9.99.